The van der Waals surface area contributed by atoms with E-state index >= 15 is 0 Å². The van der Waals surface area contributed by atoms with Gasteiger partial charge >= 0.3 is 5.97 Å². The first kappa shape index (κ1) is 7.66. The third kappa shape index (κ3) is 1.34. The first-order chi connectivity index (χ1) is 4.68. The largest absolute Gasteiger partial charge is 0.481 e. The van der Waals surface area contributed by atoms with Crippen LogP contribution in [0.2, 0.25) is 0 Å². The molecule has 1 aliphatic rings. The molecule has 3 heteroatoms. The van der Waals surface area contributed by atoms with Gasteiger partial charge in [0.25, 0.3) is 0 Å². The lowest BCUT2D eigenvalue weighted by atomic mass is 9.88. The number of allylic oxidation sites excluding steroid dienone is 1. The van der Waals surface area contributed by atoms with Crippen LogP contribution in [-0.4, -0.2) is 22.6 Å². The Morgan fingerprint density at radius 3 is 2.50 bits per heavy atom. The monoisotopic (exact) mass is 158 g/mol. The van der Waals surface area contributed by atoms with Crippen molar-refractivity contribution in [2.45, 2.75) is 6.42 Å². The summed E-state index contributed by atoms with van der Waals surface area (Å²) in [5.74, 6) is 1.12. The SMILES string of the molecule is C=CC1(CC(=O)O)CSC1. The van der Waals surface area contributed by atoms with Crippen LogP contribution in [0.5, 0.6) is 0 Å². The number of hydrogen-bond donors (Lipinski definition) is 1. The van der Waals surface area contributed by atoms with Gasteiger partial charge in [0.2, 0.25) is 0 Å². The van der Waals surface area contributed by atoms with Crippen LogP contribution >= 0.6 is 11.8 Å². The van der Waals surface area contributed by atoms with E-state index in [0.29, 0.717) is 0 Å². The molecule has 0 aliphatic carbocycles. The van der Waals surface area contributed by atoms with E-state index in [1.54, 1.807) is 17.8 Å². The molecule has 1 fully saturated rings. The second kappa shape index (κ2) is 2.66. The van der Waals surface area contributed by atoms with Crippen LogP contribution in [0.1, 0.15) is 6.42 Å². The van der Waals surface area contributed by atoms with Gasteiger partial charge in [0.05, 0.1) is 6.42 Å². The van der Waals surface area contributed by atoms with Crippen LogP contribution < -0.4 is 0 Å². The summed E-state index contributed by atoms with van der Waals surface area (Å²) in [5, 5.41) is 8.49. The summed E-state index contributed by atoms with van der Waals surface area (Å²) in [5.41, 5.74) is -0.0868. The minimum Gasteiger partial charge on any atom is -0.481 e. The fraction of sp³-hybridized carbons (Fsp3) is 0.571. The molecule has 10 heavy (non-hydrogen) atoms. The maximum atomic E-state index is 10.3. The van der Waals surface area contributed by atoms with Gasteiger partial charge in [-0.3, -0.25) is 4.79 Å². The average molecular weight is 158 g/mol. The third-order valence-corrected chi connectivity index (χ3v) is 3.27. The lowest BCUT2D eigenvalue weighted by Gasteiger charge is -2.36. The van der Waals surface area contributed by atoms with Crippen LogP contribution in [0.15, 0.2) is 12.7 Å². The maximum absolute atomic E-state index is 10.3. The minimum absolute atomic E-state index is 0.0868. The molecule has 0 atom stereocenters. The Morgan fingerprint density at radius 1 is 1.80 bits per heavy atom. The normalized spacial score (nSPS) is 21.2. The molecule has 0 amide bonds. The van der Waals surface area contributed by atoms with Gasteiger partial charge in [0.15, 0.2) is 0 Å². The molecule has 0 saturated carbocycles. The summed E-state index contributed by atoms with van der Waals surface area (Å²) in [4.78, 5) is 10.3. The van der Waals surface area contributed by atoms with Crippen molar-refractivity contribution in [3.05, 3.63) is 12.7 Å². The molecular weight excluding hydrogens is 148 g/mol. The van der Waals surface area contributed by atoms with Crippen molar-refractivity contribution >= 4 is 17.7 Å². The highest BCUT2D eigenvalue weighted by atomic mass is 32.2. The molecule has 1 heterocycles. The van der Waals surface area contributed by atoms with Crippen molar-refractivity contribution in [1.82, 2.24) is 0 Å². The van der Waals surface area contributed by atoms with Crippen LogP contribution in [0.25, 0.3) is 0 Å². The maximum Gasteiger partial charge on any atom is 0.304 e. The molecule has 1 N–H and O–H groups in total. The number of thioether (sulfide) groups is 1. The van der Waals surface area contributed by atoms with Gasteiger partial charge in [-0.1, -0.05) is 6.08 Å². The molecule has 1 aliphatic heterocycles. The third-order valence-electron chi connectivity index (χ3n) is 1.72. The predicted octanol–water partition coefficient (Wildman–Crippen LogP) is 1.38. The molecule has 0 bridgehead atoms. The molecule has 1 saturated heterocycles. The average Bonchev–Trinajstić information content (AvgIpc) is 1.78. The summed E-state index contributed by atoms with van der Waals surface area (Å²) in [6.07, 6.45) is 2.01. The fourth-order valence-corrected chi connectivity index (χ4v) is 2.13. The summed E-state index contributed by atoms with van der Waals surface area (Å²) in [7, 11) is 0. The van der Waals surface area contributed by atoms with Crippen molar-refractivity contribution in [3.63, 3.8) is 0 Å². The van der Waals surface area contributed by atoms with Gasteiger partial charge in [-0.25, -0.2) is 0 Å². The smallest absolute Gasteiger partial charge is 0.304 e. The van der Waals surface area contributed by atoms with Crippen LogP contribution in [0.4, 0.5) is 0 Å². The lowest BCUT2D eigenvalue weighted by molar-refractivity contribution is -0.138. The van der Waals surface area contributed by atoms with Crippen molar-refractivity contribution < 1.29 is 9.90 Å². The molecule has 0 aromatic rings. The van der Waals surface area contributed by atoms with E-state index in [1.165, 1.54) is 0 Å². The van der Waals surface area contributed by atoms with Gasteiger partial charge in [-0.2, -0.15) is 11.8 Å². The lowest BCUT2D eigenvalue weighted by Crippen LogP contribution is -2.35. The number of carbonyl (C=O) groups is 1. The summed E-state index contributed by atoms with van der Waals surface area (Å²) >= 11 is 1.78. The van der Waals surface area contributed by atoms with E-state index < -0.39 is 5.97 Å². The predicted molar refractivity (Wildman–Crippen MR) is 42.2 cm³/mol. The zero-order valence-electron chi connectivity index (χ0n) is 5.67. The summed E-state index contributed by atoms with van der Waals surface area (Å²) in [6, 6.07) is 0. The zero-order valence-corrected chi connectivity index (χ0v) is 6.49. The molecule has 0 unspecified atom stereocenters. The fourth-order valence-electron chi connectivity index (χ4n) is 0.958. The number of aliphatic carboxylic acids is 1. The zero-order chi connectivity index (χ0) is 7.61. The van der Waals surface area contributed by atoms with Crippen molar-refractivity contribution in [2.24, 2.45) is 5.41 Å². The van der Waals surface area contributed by atoms with E-state index in [9.17, 15) is 4.79 Å². The van der Waals surface area contributed by atoms with Gasteiger partial charge in [-0.05, 0) is 0 Å². The highest BCUT2D eigenvalue weighted by molar-refractivity contribution is 8.00. The first-order valence-electron chi connectivity index (χ1n) is 3.12. The van der Waals surface area contributed by atoms with Gasteiger partial charge in [0.1, 0.15) is 0 Å². The van der Waals surface area contributed by atoms with Crippen molar-refractivity contribution in [3.8, 4) is 0 Å². The quantitative estimate of drug-likeness (QED) is 0.630. The molecule has 0 aromatic heterocycles. The van der Waals surface area contributed by atoms with Crippen LogP contribution in [-0.2, 0) is 4.79 Å². The Bertz CT molecular complexity index is 161. The van der Waals surface area contributed by atoms with Crippen molar-refractivity contribution in [1.29, 1.82) is 0 Å². The number of rotatable bonds is 3. The van der Waals surface area contributed by atoms with Crippen LogP contribution in [0, 0.1) is 5.41 Å². The Morgan fingerprint density at radius 2 is 2.40 bits per heavy atom. The Hall–Kier alpha value is -0.440. The number of carboxylic acid groups (broad SMARTS) is 1. The van der Waals surface area contributed by atoms with E-state index in [2.05, 4.69) is 6.58 Å². The van der Waals surface area contributed by atoms with Crippen LogP contribution in [0.3, 0.4) is 0 Å². The van der Waals surface area contributed by atoms with E-state index in [0.717, 1.165) is 11.5 Å². The summed E-state index contributed by atoms with van der Waals surface area (Å²) < 4.78 is 0. The highest BCUT2D eigenvalue weighted by Gasteiger charge is 2.36. The minimum atomic E-state index is -0.722. The van der Waals surface area contributed by atoms with Gasteiger partial charge in [0, 0.05) is 16.9 Å². The number of carboxylic acids is 1. The summed E-state index contributed by atoms with van der Waals surface area (Å²) in [6.45, 7) is 3.63. The first-order valence-corrected chi connectivity index (χ1v) is 4.27. The second-order valence-corrected chi connectivity index (χ2v) is 3.62. The highest BCUT2D eigenvalue weighted by Crippen LogP contribution is 2.41. The Kier molecular flexibility index (Phi) is 2.04. The van der Waals surface area contributed by atoms with E-state index in [4.69, 9.17) is 5.11 Å². The Labute approximate surface area is 64.3 Å². The molecule has 0 radical (unpaired) electrons. The molecule has 2 nitrogen and oxygen atoms in total. The molecule has 0 aromatic carbocycles. The Balaban J connectivity index is 2.48. The van der Waals surface area contributed by atoms with Gasteiger partial charge < -0.3 is 5.11 Å². The van der Waals surface area contributed by atoms with Gasteiger partial charge in [-0.15, -0.1) is 6.58 Å². The van der Waals surface area contributed by atoms with E-state index in [-0.39, 0.29) is 11.8 Å². The van der Waals surface area contributed by atoms with E-state index in [1.807, 2.05) is 0 Å². The topological polar surface area (TPSA) is 37.3 Å². The molecular formula is C7H10O2S. The number of hydrogen-bond acceptors (Lipinski definition) is 2. The van der Waals surface area contributed by atoms with Crippen molar-refractivity contribution in [2.75, 3.05) is 11.5 Å². The standard InChI is InChI=1S/C7H10O2S/c1-2-7(3-6(8)9)4-10-5-7/h2H,1,3-5H2,(H,8,9). The molecule has 1 rings (SSSR count). The molecule has 0 spiro atoms. The molecule has 56 valence electrons. The second-order valence-electron chi connectivity index (χ2n) is 2.63.